The van der Waals surface area contributed by atoms with E-state index in [4.69, 9.17) is 4.52 Å². The van der Waals surface area contributed by atoms with Gasteiger partial charge in [-0.15, -0.1) is 5.10 Å². The van der Waals surface area contributed by atoms with E-state index in [9.17, 15) is 4.79 Å². The number of carbonyl (C=O) groups excluding carboxylic acids is 1. The first-order valence-electron chi connectivity index (χ1n) is 7.44. The average molecular weight is 320 g/mol. The number of carbonyl (C=O) groups is 1. The van der Waals surface area contributed by atoms with Crippen molar-refractivity contribution in [3.63, 3.8) is 0 Å². The minimum atomic E-state index is -0.245. The third-order valence-corrected chi connectivity index (χ3v) is 4.53. The van der Waals surface area contributed by atoms with Crippen LogP contribution in [0.2, 0.25) is 0 Å². The molecule has 0 unspecified atom stereocenters. The average Bonchev–Trinajstić information content (AvgIpc) is 2.98. The number of amides is 1. The lowest BCUT2D eigenvalue weighted by molar-refractivity contribution is 0.0937. The van der Waals surface area contributed by atoms with Gasteiger partial charge in [0.25, 0.3) is 11.7 Å². The Hall–Kier alpha value is -1.87. The summed E-state index contributed by atoms with van der Waals surface area (Å²) in [6.45, 7) is 1.67. The summed E-state index contributed by atoms with van der Waals surface area (Å²) >= 11 is 1.35. The van der Waals surface area contributed by atoms with Gasteiger partial charge in [-0.1, -0.05) is 9.64 Å². The van der Waals surface area contributed by atoms with E-state index in [1.807, 2.05) is 5.38 Å². The van der Waals surface area contributed by atoms with Gasteiger partial charge in [-0.05, 0) is 43.8 Å². The second-order valence-electron chi connectivity index (χ2n) is 5.73. The second-order valence-corrected chi connectivity index (χ2v) is 6.34. The Morgan fingerprint density at radius 3 is 3.14 bits per heavy atom. The Labute approximate surface area is 131 Å². The van der Waals surface area contributed by atoms with E-state index >= 15 is 0 Å². The number of hydrogen-bond donors (Lipinski definition) is 1. The Kier molecular flexibility index (Phi) is 3.59. The Balaban J connectivity index is 1.45. The van der Waals surface area contributed by atoms with E-state index in [-0.39, 0.29) is 23.8 Å². The summed E-state index contributed by atoms with van der Waals surface area (Å²) in [5.74, 6) is 0.399. The lowest BCUT2D eigenvalue weighted by atomic mass is 10.2. The molecular weight excluding hydrogens is 304 g/mol. The highest BCUT2D eigenvalue weighted by atomic mass is 32.1. The highest BCUT2D eigenvalue weighted by molar-refractivity contribution is 7.03. The number of nitrogens with one attached hydrogen (secondary N) is 1. The molecule has 116 valence electrons. The van der Waals surface area contributed by atoms with Crippen molar-refractivity contribution in [1.82, 2.24) is 29.9 Å². The molecule has 1 aliphatic heterocycles. The number of nitrogens with zero attached hydrogens (tertiary/aromatic N) is 5. The molecule has 0 spiro atoms. The van der Waals surface area contributed by atoms with E-state index < -0.39 is 0 Å². The quantitative estimate of drug-likeness (QED) is 0.882. The highest BCUT2D eigenvalue weighted by Crippen LogP contribution is 2.32. The zero-order valence-corrected chi connectivity index (χ0v) is 12.8. The van der Waals surface area contributed by atoms with E-state index in [0.717, 1.165) is 37.9 Å². The molecule has 2 aromatic heterocycles. The summed E-state index contributed by atoms with van der Waals surface area (Å²) in [5.41, 5.74) is 0.947. The van der Waals surface area contributed by atoms with Crippen molar-refractivity contribution in [2.24, 2.45) is 0 Å². The van der Waals surface area contributed by atoms with Gasteiger partial charge in [-0.2, -0.15) is 4.98 Å². The Bertz CT molecular complexity index is 653. The molecule has 1 saturated heterocycles. The number of likely N-dealkylation sites (tertiary alicyclic amines) is 1. The molecular formula is C13H16N6O2S. The first kappa shape index (κ1) is 13.8. The zero-order chi connectivity index (χ0) is 14.9. The minimum absolute atomic E-state index is 0.0525. The Morgan fingerprint density at radius 1 is 1.45 bits per heavy atom. The van der Waals surface area contributed by atoms with E-state index in [0.29, 0.717) is 12.4 Å². The van der Waals surface area contributed by atoms with Crippen LogP contribution < -0.4 is 5.32 Å². The van der Waals surface area contributed by atoms with Gasteiger partial charge in [-0.3, -0.25) is 9.69 Å². The number of hydrogen-bond acceptors (Lipinski definition) is 8. The molecule has 9 heteroatoms. The van der Waals surface area contributed by atoms with Crippen LogP contribution in [0.25, 0.3) is 0 Å². The molecule has 1 aliphatic carbocycles. The van der Waals surface area contributed by atoms with Gasteiger partial charge in [0.15, 0.2) is 0 Å². The van der Waals surface area contributed by atoms with Crippen molar-refractivity contribution in [3.8, 4) is 0 Å². The number of rotatable bonds is 5. The predicted molar refractivity (Wildman–Crippen MR) is 77.1 cm³/mol. The first-order valence-corrected chi connectivity index (χ1v) is 8.28. The van der Waals surface area contributed by atoms with E-state index in [1.54, 1.807) is 0 Å². The lowest BCUT2D eigenvalue weighted by Gasteiger charge is -2.19. The van der Waals surface area contributed by atoms with Gasteiger partial charge >= 0.3 is 0 Å². The molecule has 22 heavy (non-hydrogen) atoms. The summed E-state index contributed by atoms with van der Waals surface area (Å²) < 4.78 is 9.21. The third kappa shape index (κ3) is 2.86. The molecule has 1 saturated carbocycles. The van der Waals surface area contributed by atoms with Gasteiger partial charge in [0.1, 0.15) is 0 Å². The van der Waals surface area contributed by atoms with Crippen molar-refractivity contribution < 1.29 is 9.32 Å². The second kappa shape index (κ2) is 5.73. The van der Waals surface area contributed by atoms with Crippen LogP contribution in [0, 0.1) is 0 Å². The smallest absolute Gasteiger partial charge is 0.292 e. The van der Waals surface area contributed by atoms with Crippen molar-refractivity contribution >= 4 is 17.4 Å². The fourth-order valence-corrected chi connectivity index (χ4v) is 3.14. The maximum Gasteiger partial charge on any atom is 0.292 e. The molecule has 4 rings (SSSR count). The molecule has 3 heterocycles. The van der Waals surface area contributed by atoms with Crippen molar-refractivity contribution in [2.45, 2.75) is 44.3 Å². The molecule has 2 fully saturated rings. The Morgan fingerprint density at radius 2 is 2.36 bits per heavy atom. The van der Waals surface area contributed by atoms with Crippen molar-refractivity contribution in [2.75, 3.05) is 6.54 Å². The van der Waals surface area contributed by atoms with Gasteiger partial charge in [0.05, 0.1) is 11.7 Å². The van der Waals surface area contributed by atoms with Crippen LogP contribution in [0.15, 0.2) is 9.90 Å². The van der Waals surface area contributed by atoms with Crippen LogP contribution in [-0.2, 0) is 6.54 Å². The summed E-state index contributed by atoms with van der Waals surface area (Å²) in [6.07, 6.45) is 4.08. The van der Waals surface area contributed by atoms with Crippen LogP contribution in [0.4, 0.5) is 0 Å². The third-order valence-electron chi connectivity index (χ3n) is 3.98. The van der Waals surface area contributed by atoms with Gasteiger partial charge < -0.3 is 9.84 Å². The van der Waals surface area contributed by atoms with Gasteiger partial charge in [0.2, 0.25) is 5.89 Å². The van der Waals surface area contributed by atoms with E-state index in [1.165, 1.54) is 11.5 Å². The molecule has 2 aliphatic rings. The fraction of sp³-hybridized carbons (Fsp3) is 0.615. The van der Waals surface area contributed by atoms with Crippen LogP contribution >= 0.6 is 11.5 Å². The first-order chi connectivity index (χ1) is 10.8. The summed E-state index contributed by atoms with van der Waals surface area (Å²) in [6, 6.07) is 0.339. The maximum atomic E-state index is 11.9. The van der Waals surface area contributed by atoms with Crippen molar-refractivity contribution in [1.29, 1.82) is 0 Å². The molecule has 0 radical (unpaired) electrons. The lowest BCUT2D eigenvalue weighted by Crippen LogP contribution is -2.27. The molecule has 0 bridgehead atoms. The fourth-order valence-electron chi connectivity index (χ4n) is 2.70. The van der Waals surface area contributed by atoms with Crippen LogP contribution in [0.5, 0.6) is 0 Å². The van der Waals surface area contributed by atoms with E-state index in [2.05, 4.69) is 29.9 Å². The molecule has 0 aromatic carbocycles. The number of aromatic nitrogens is 4. The van der Waals surface area contributed by atoms with Crippen LogP contribution in [0.3, 0.4) is 0 Å². The standard InChI is InChI=1S/C13H16N6O2S/c20-12(14-8-3-4-8)11-15-13(21-17-11)10-2-1-5-19(10)6-9-7-22-18-16-9/h7-8,10H,1-6H2,(H,14,20)/t10-/m1/s1. The molecule has 8 nitrogen and oxygen atoms in total. The van der Waals surface area contributed by atoms with Crippen LogP contribution in [-0.4, -0.2) is 43.1 Å². The monoisotopic (exact) mass is 320 g/mol. The largest absolute Gasteiger partial charge is 0.346 e. The summed E-state index contributed by atoms with van der Waals surface area (Å²) in [4.78, 5) is 18.5. The predicted octanol–water partition coefficient (Wildman–Crippen LogP) is 1.15. The topological polar surface area (TPSA) is 97.0 Å². The summed E-state index contributed by atoms with van der Waals surface area (Å²) in [5, 5.41) is 12.7. The summed E-state index contributed by atoms with van der Waals surface area (Å²) in [7, 11) is 0. The highest BCUT2D eigenvalue weighted by Gasteiger charge is 2.32. The maximum absolute atomic E-state index is 11.9. The van der Waals surface area contributed by atoms with Crippen molar-refractivity contribution in [3.05, 3.63) is 22.8 Å². The molecule has 1 N–H and O–H groups in total. The molecule has 1 atom stereocenters. The molecule has 2 aromatic rings. The SMILES string of the molecule is O=C(NC1CC1)c1noc([C@H]2CCCN2Cc2csnn2)n1. The van der Waals surface area contributed by atoms with Gasteiger partial charge in [0, 0.05) is 18.0 Å². The van der Waals surface area contributed by atoms with Gasteiger partial charge in [-0.25, -0.2) is 0 Å². The molecule has 1 amide bonds. The minimum Gasteiger partial charge on any atom is -0.346 e. The normalized spacial score (nSPS) is 22.1. The van der Waals surface area contributed by atoms with Crippen LogP contribution in [0.1, 0.15) is 53.9 Å². The zero-order valence-electron chi connectivity index (χ0n) is 11.9.